The Kier molecular flexibility index (Phi) is 30.8. The molecule has 436 valence electrons. The van der Waals surface area contributed by atoms with Gasteiger partial charge in [-0.1, -0.05) is 79.2 Å². The van der Waals surface area contributed by atoms with E-state index in [0.717, 1.165) is 11.1 Å². The maximum absolute atomic E-state index is 14.6. The minimum atomic E-state index is -1.21. The van der Waals surface area contributed by atoms with Gasteiger partial charge in [-0.3, -0.25) is 52.9 Å². The lowest BCUT2D eigenvalue weighted by Gasteiger charge is -2.23. The fourth-order valence-electron chi connectivity index (χ4n) is 9.77. The van der Waals surface area contributed by atoms with Crippen LogP contribution in [0.15, 0.2) is 89.9 Å². The van der Waals surface area contributed by atoms with Crippen LogP contribution in [0.1, 0.15) is 140 Å². The second kappa shape index (κ2) is 36.5. The standard InChI is InChI=1S/C62H85N5O13/c1-40(69)45(16-9-10-28-63)33-54(74)25-27-55(75)46(17-11-29-67-62(65)66)35-59(79)50(39-68)34-53(73)23-22-52(72)24-26-56(76)47(32-44-18-20-51(71)21-19-44)36-57(77)48(30-42-12-5-3-6-13-42)37-58(78)49(31-43-14-7-4-8-15-43)38-60(80)61(64)41(2)70/h3-8,12-15,18-21,41,45-50,61,68,70-71H,9-11,16-17,22-39,63-64H2,1-2H3,(H4,65,66,67). The van der Waals surface area contributed by atoms with Crippen molar-refractivity contribution in [3.63, 3.8) is 0 Å². The summed E-state index contributed by atoms with van der Waals surface area (Å²) in [5.74, 6) is -9.28. The maximum atomic E-state index is 14.6. The molecule has 0 aromatic heterocycles. The van der Waals surface area contributed by atoms with E-state index in [4.69, 9.17) is 22.9 Å². The summed E-state index contributed by atoms with van der Waals surface area (Å²) >= 11 is 0. The minimum Gasteiger partial charge on any atom is -0.508 e. The van der Waals surface area contributed by atoms with Crippen molar-refractivity contribution in [1.82, 2.24) is 0 Å². The van der Waals surface area contributed by atoms with Crippen LogP contribution in [0, 0.1) is 35.5 Å². The topological polar surface area (TPSA) is 348 Å². The van der Waals surface area contributed by atoms with Gasteiger partial charge in [-0.2, -0.15) is 0 Å². The zero-order chi connectivity index (χ0) is 59.1. The largest absolute Gasteiger partial charge is 0.508 e. The molecule has 0 bridgehead atoms. The monoisotopic (exact) mass is 1110 g/mol. The van der Waals surface area contributed by atoms with Crippen molar-refractivity contribution in [2.75, 3.05) is 19.7 Å². The molecule has 3 aromatic rings. The van der Waals surface area contributed by atoms with Crippen molar-refractivity contribution < 1.29 is 63.3 Å². The first-order valence-electron chi connectivity index (χ1n) is 28.0. The van der Waals surface area contributed by atoms with Crippen LogP contribution in [-0.4, -0.2) is 111 Å². The number of rotatable bonds is 44. The van der Waals surface area contributed by atoms with E-state index >= 15 is 0 Å². The molecule has 8 unspecified atom stereocenters. The first kappa shape index (κ1) is 67.5. The number of phenols is 1. The van der Waals surface area contributed by atoms with Gasteiger partial charge in [-0.25, -0.2) is 0 Å². The van der Waals surface area contributed by atoms with Gasteiger partial charge in [0.1, 0.15) is 57.8 Å². The number of hydrogen-bond donors (Lipinski definition) is 7. The molecule has 0 saturated heterocycles. The lowest BCUT2D eigenvalue weighted by atomic mass is 9.79. The third kappa shape index (κ3) is 26.0. The molecule has 0 heterocycles. The van der Waals surface area contributed by atoms with Gasteiger partial charge in [-0.05, 0) is 94.2 Å². The summed E-state index contributed by atoms with van der Waals surface area (Å²) in [6, 6.07) is 23.1. The van der Waals surface area contributed by atoms with E-state index in [2.05, 4.69) is 4.99 Å². The highest BCUT2D eigenvalue weighted by Gasteiger charge is 2.34. The highest BCUT2D eigenvalue weighted by atomic mass is 16.3. The summed E-state index contributed by atoms with van der Waals surface area (Å²) < 4.78 is 0. The van der Waals surface area contributed by atoms with E-state index in [9.17, 15) is 63.3 Å². The molecule has 8 atom stereocenters. The fraction of sp³-hybridized carbons (Fsp3) is 0.532. The number of Topliss-reactive ketones (excluding diaryl/α,β-unsaturated/α-hetero) is 10. The summed E-state index contributed by atoms with van der Waals surface area (Å²) in [7, 11) is 0. The molecule has 0 aliphatic carbocycles. The van der Waals surface area contributed by atoms with E-state index in [0.29, 0.717) is 37.8 Å². The molecule has 0 aliphatic heterocycles. The van der Waals surface area contributed by atoms with Gasteiger partial charge in [0.25, 0.3) is 0 Å². The average Bonchev–Trinajstić information content (AvgIpc) is 3.43. The predicted molar refractivity (Wildman–Crippen MR) is 304 cm³/mol. The molecule has 18 heteroatoms. The van der Waals surface area contributed by atoms with Crippen molar-refractivity contribution in [2.24, 2.45) is 63.4 Å². The summed E-state index contributed by atoms with van der Waals surface area (Å²) in [4.78, 5) is 139. The second-order valence-electron chi connectivity index (χ2n) is 21.4. The zero-order valence-corrected chi connectivity index (χ0v) is 46.6. The Morgan fingerprint density at radius 1 is 0.487 bits per heavy atom. The van der Waals surface area contributed by atoms with Crippen LogP contribution >= 0.6 is 0 Å². The molecule has 18 nitrogen and oxygen atoms in total. The van der Waals surface area contributed by atoms with Crippen LogP contribution in [0.5, 0.6) is 5.75 Å². The second-order valence-corrected chi connectivity index (χ2v) is 21.4. The van der Waals surface area contributed by atoms with E-state index in [-0.39, 0.29) is 143 Å². The molecule has 80 heavy (non-hydrogen) atoms. The summed E-state index contributed by atoms with van der Waals surface area (Å²) in [6.07, 6.45) is -1.25. The first-order valence-corrected chi connectivity index (χ1v) is 28.0. The van der Waals surface area contributed by atoms with Crippen LogP contribution in [0.2, 0.25) is 0 Å². The van der Waals surface area contributed by atoms with Gasteiger partial charge in [-0.15, -0.1) is 0 Å². The molecule has 3 aromatic carbocycles. The number of aliphatic hydroxyl groups excluding tert-OH is 2. The number of carbonyl (C=O) groups excluding carboxylic acids is 10. The first-order chi connectivity index (χ1) is 38.1. The van der Waals surface area contributed by atoms with Gasteiger partial charge < -0.3 is 38.3 Å². The number of nitrogens with zero attached hydrogens (tertiary/aromatic N) is 1. The normalized spacial score (nSPS) is 14.3. The van der Waals surface area contributed by atoms with Crippen molar-refractivity contribution >= 4 is 63.8 Å². The van der Waals surface area contributed by atoms with Crippen molar-refractivity contribution in [3.8, 4) is 5.75 Å². The average molecular weight is 1110 g/mol. The number of benzene rings is 3. The quantitative estimate of drug-likeness (QED) is 0.0212. The van der Waals surface area contributed by atoms with Gasteiger partial charge in [0.05, 0.1) is 18.8 Å². The van der Waals surface area contributed by atoms with E-state index in [1.165, 1.54) is 26.0 Å². The molecule has 0 saturated carbocycles. The molecule has 0 spiro atoms. The smallest absolute Gasteiger partial charge is 0.185 e. The fourth-order valence-corrected chi connectivity index (χ4v) is 9.77. The number of hydrogen-bond acceptors (Lipinski definition) is 16. The molecular formula is C62H85N5O13. The Bertz CT molecular complexity index is 2530. The lowest BCUT2D eigenvalue weighted by molar-refractivity contribution is -0.134. The number of aromatic hydroxyl groups is 1. The van der Waals surface area contributed by atoms with Crippen LogP contribution in [-0.2, 0) is 67.2 Å². The van der Waals surface area contributed by atoms with Crippen LogP contribution in [0.4, 0.5) is 0 Å². The third-order valence-corrected chi connectivity index (χ3v) is 14.8. The van der Waals surface area contributed by atoms with E-state index < -0.39 is 89.6 Å². The minimum absolute atomic E-state index is 0.00843. The Balaban J connectivity index is 1.71. The molecule has 0 amide bonds. The number of unbranched alkanes of at least 4 members (excludes halogenated alkanes) is 1. The Hall–Kier alpha value is -6.73. The number of ketones is 10. The number of nitrogens with two attached hydrogens (primary N) is 4. The summed E-state index contributed by atoms with van der Waals surface area (Å²) in [5.41, 5.74) is 24.7. The molecule has 0 radical (unpaired) electrons. The Morgan fingerprint density at radius 2 is 0.900 bits per heavy atom. The van der Waals surface area contributed by atoms with E-state index in [1.54, 1.807) is 24.3 Å². The van der Waals surface area contributed by atoms with Gasteiger partial charge >= 0.3 is 0 Å². The molecule has 0 fully saturated rings. The highest BCUT2D eigenvalue weighted by molar-refractivity contribution is 5.97. The van der Waals surface area contributed by atoms with Gasteiger partial charge in [0.15, 0.2) is 11.7 Å². The van der Waals surface area contributed by atoms with Crippen molar-refractivity contribution in [2.45, 2.75) is 154 Å². The summed E-state index contributed by atoms with van der Waals surface area (Å²) in [6.45, 7) is 2.75. The van der Waals surface area contributed by atoms with Crippen molar-refractivity contribution in [1.29, 1.82) is 0 Å². The molecule has 3 rings (SSSR count). The van der Waals surface area contributed by atoms with Crippen LogP contribution in [0.3, 0.4) is 0 Å². The Morgan fingerprint density at radius 3 is 1.39 bits per heavy atom. The Labute approximate surface area is 470 Å². The molecular weight excluding hydrogens is 1020 g/mol. The lowest BCUT2D eigenvalue weighted by Crippen LogP contribution is -2.42. The third-order valence-electron chi connectivity index (χ3n) is 14.8. The molecule has 0 aliphatic rings. The van der Waals surface area contributed by atoms with Gasteiger partial charge in [0, 0.05) is 119 Å². The van der Waals surface area contributed by atoms with Crippen LogP contribution < -0.4 is 22.9 Å². The SMILES string of the molecule is CC(=O)C(CCCCN)CC(=O)CCC(=O)C(CCCN=C(N)N)CC(=O)C(CO)CC(=O)CCC(=O)CCC(=O)C(CC(=O)C(CC(=O)C(CC(=O)C(N)C(C)O)Cc1ccccc1)Cc1ccccc1)Cc1ccc(O)cc1. The number of aliphatic hydroxyl groups is 2. The predicted octanol–water partition coefficient (Wildman–Crippen LogP) is 5.39. The summed E-state index contributed by atoms with van der Waals surface area (Å²) in [5, 5.41) is 30.3. The zero-order valence-electron chi connectivity index (χ0n) is 46.6. The number of guanidine groups is 1. The number of aliphatic imine (C=N–C) groups is 1. The molecule has 11 N–H and O–H groups in total. The number of carbonyl (C=O) groups is 10. The van der Waals surface area contributed by atoms with E-state index in [1.807, 2.05) is 48.5 Å². The van der Waals surface area contributed by atoms with Gasteiger partial charge in [0.2, 0.25) is 0 Å². The van der Waals surface area contributed by atoms with Crippen LogP contribution in [0.25, 0.3) is 0 Å². The number of phenolic OH excluding ortho intramolecular Hbond substituents is 1. The maximum Gasteiger partial charge on any atom is 0.185 e. The highest BCUT2D eigenvalue weighted by Crippen LogP contribution is 2.28. The van der Waals surface area contributed by atoms with Crippen molar-refractivity contribution in [3.05, 3.63) is 102 Å².